The molecule has 29 heavy (non-hydrogen) atoms. The summed E-state index contributed by atoms with van der Waals surface area (Å²) in [7, 11) is 0. The van der Waals surface area contributed by atoms with Crippen molar-refractivity contribution in [3.63, 3.8) is 0 Å². The van der Waals surface area contributed by atoms with Crippen molar-refractivity contribution < 1.29 is 4.79 Å². The van der Waals surface area contributed by atoms with Crippen LogP contribution < -0.4 is 5.32 Å². The summed E-state index contributed by atoms with van der Waals surface area (Å²) >= 11 is 6.90. The van der Waals surface area contributed by atoms with Gasteiger partial charge in [-0.3, -0.25) is 14.5 Å². The highest BCUT2D eigenvalue weighted by Gasteiger charge is 2.12. The number of rotatable bonds is 6. The maximum Gasteiger partial charge on any atom is 0.226 e. The maximum absolute atomic E-state index is 12.5. The molecule has 4 aromatic rings. The zero-order valence-corrected chi connectivity index (χ0v) is 17.3. The van der Waals surface area contributed by atoms with Crippen molar-refractivity contribution in [1.29, 1.82) is 0 Å². The number of hydrogen-bond donors (Lipinski definition) is 2. The molecule has 0 unspecified atom stereocenters. The van der Waals surface area contributed by atoms with Crippen LogP contribution in [0.2, 0.25) is 0 Å². The van der Waals surface area contributed by atoms with Crippen LogP contribution in [0.25, 0.3) is 22.0 Å². The molecule has 0 radical (unpaired) electrons. The first-order chi connectivity index (χ1) is 14.1. The summed E-state index contributed by atoms with van der Waals surface area (Å²) in [6.07, 6.45) is 2.01. The number of H-pyrrole nitrogens is 1. The van der Waals surface area contributed by atoms with Gasteiger partial charge in [-0.25, -0.2) is 9.97 Å². The quantitative estimate of drug-likeness (QED) is 0.448. The van der Waals surface area contributed by atoms with Crippen molar-refractivity contribution in [2.45, 2.75) is 19.9 Å². The number of carbonyl (C=O) groups excluding carboxylic acids is 1. The van der Waals surface area contributed by atoms with E-state index in [0.717, 1.165) is 27.6 Å². The Labute approximate surface area is 176 Å². The molecule has 0 bridgehead atoms. The predicted molar refractivity (Wildman–Crippen MR) is 116 cm³/mol. The first-order valence-electron chi connectivity index (χ1n) is 8.99. The standard InChI is InChI=1S/C20H18N6OS2/c1-13-21-9-7-16(22-13)14-4-2-5-15(12-14)23-18(27)8-10-26-19(24-25-20(26)28)17-6-3-11-29-17/h2-7,9,11-12H,8,10H2,1H3,(H,23,27)(H,25,28). The molecule has 7 nitrogen and oxygen atoms in total. The Kier molecular flexibility index (Phi) is 5.59. The molecule has 3 aromatic heterocycles. The lowest BCUT2D eigenvalue weighted by atomic mass is 10.1. The first-order valence-corrected chi connectivity index (χ1v) is 10.3. The molecule has 0 aliphatic rings. The Morgan fingerprint density at radius 3 is 2.97 bits per heavy atom. The molecule has 1 aromatic carbocycles. The Bertz CT molecular complexity index is 1200. The lowest BCUT2D eigenvalue weighted by molar-refractivity contribution is -0.116. The van der Waals surface area contributed by atoms with Gasteiger partial charge < -0.3 is 5.32 Å². The smallest absolute Gasteiger partial charge is 0.226 e. The molecule has 4 rings (SSSR count). The number of amides is 1. The number of aromatic nitrogens is 5. The lowest BCUT2D eigenvalue weighted by Crippen LogP contribution is -2.15. The minimum absolute atomic E-state index is 0.0961. The molecule has 0 saturated carbocycles. The fourth-order valence-electron chi connectivity index (χ4n) is 2.93. The number of nitrogens with one attached hydrogen (secondary N) is 2. The molecule has 0 saturated heterocycles. The Balaban J connectivity index is 1.44. The molecule has 9 heteroatoms. The lowest BCUT2D eigenvalue weighted by Gasteiger charge is -2.09. The summed E-state index contributed by atoms with van der Waals surface area (Å²) in [6.45, 7) is 2.29. The second-order valence-electron chi connectivity index (χ2n) is 6.35. The topological polar surface area (TPSA) is 88.5 Å². The van der Waals surface area contributed by atoms with E-state index in [1.807, 2.05) is 59.3 Å². The average Bonchev–Trinajstić information content (AvgIpc) is 3.36. The van der Waals surface area contributed by atoms with Gasteiger partial charge in [0.2, 0.25) is 5.91 Å². The van der Waals surface area contributed by atoms with E-state index in [4.69, 9.17) is 12.2 Å². The Morgan fingerprint density at radius 2 is 2.17 bits per heavy atom. The van der Waals surface area contributed by atoms with Crippen LogP contribution in [-0.2, 0) is 11.3 Å². The molecule has 3 heterocycles. The van der Waals surface area contributed by atoms with Crippen molar-refractivity contribution in [3.8, 4) is 22.0 Å². The summed E-state index contributed by atoms with van der Waals surface area (Å²) < 4.78 is 2.35. The van der Waals surface area contributed by atoms with Crippen molar-refractivity contribution in [1.82, 2.24) is 24.7 Å². The SMILES string of the molecule is Cc1nccc(-c2cccc(NC(=O)CCn3c(-c4cccs4)n[nH]c3=S)c2)n1. The van der Waals surface area contributed by atoms with E-state index >= 15 is 0 Å². The number of hydrogen-bond acceptors (Lipinski definition) is 6. The summed E-state index contributed by atoms with van der Waals surface area (Å²) in [5, 5.41) is 12.0. The van der Waals surface area contributed by atoms with Gasteiger partial charge in [0.15, 0.2) is 10.6 Å². The number of benzene rings is 1. The number of thiophene rings is 1. The molecule has 0 atom stereocenters. The van der Waals surface area contributed by atoms with Crippen molar-refractivity contribution in [3.05, 3.63) is 64.6 Å². The van der Waals surface area contributed by atoms with Gasteiger partial charge in [-0.2, -0.15) is 5.10 Å². The predicted octanol–water partition coefficient (Wildman–Crippen LogP) is 4.46. The molecule has 2 N–H and O–H groups in total. The van der Waals surface area contributed by atoms with Gasteiger partial charge in [0.05, 0.1) is 10.6 Å². The molecule has 0 fully saturated rings. The third-order valence-corrected chi connectivity index (χ3v) is 5.46. The van der Waals surface area contributed by atoms with Crippen LogP contribution >= 0.6 is 23.6 Å². The highest BCUT2D eigenvalue weighted by atomic mass is 32.1. The van der Waals surface area contributed by atoms with Gasteiger partial charge in [-0.1, -0.05) is 18.2 Å². The van der Waals surface area contributed by atoms with Gasteiger partial charge in [0.25, 0.3) is 0 Å². The molecule has 146 valence electrons. The monoisotopic (exact) mass is 422 g/mol. The molecule has 1 amide bonds. The van der Waals surface area contributed by atoms with Crippen molar-refractivity contribution >= 4 is 35.1 Å². The summed E-state index contributed by atoms with van der Waals surface area (Å²) in [6, 6.07) is 13.4. The van der Waals surface area contributed by atoms with Crippen LogP contribution in [0.15, 0.2) is 54.0 Å². The number of anilines is 1. The van der Waals surface area contributed by atoms with Gasteiger partial charge in [-0.15, -0.1) is 11.3 Å². The second kappa shape index (κ2) is 8.46. The van der Waals surface area contributed by atoms with Crippen molar-refractivity contribution in [2.75, 3.05) is 5.32 Å². The largest absolute Gasteiger partial charge is 0.326 e. The number of aromatic amines is 1. The van der Waals surface area contributed by atoms with Gasteiger partial charge in [0.1, 0.15) is 5.82 Å². The highest BCUT2D eigenvalue weighted by molar-refractivity contribution is 7.71. The van der Waals surface area contributed by atoms with Crippen LogP contribution in [-0.4, -0.2) is 30.6 Å². The molecule has 0 spiro atoms. The summed E-state index contributed by atoms with van der Waals surface area (Å²) in [5.74, 6) is 1.36. The minimum atomic E-state index is -0.0961. The maximum atomic E-state index is 12.5. The molecular formula is C20H18N6OS2. The van der Waals surface area contributed by atoms with E-state index in [9.17, 15) is 4.79 Å². The summed E-state index contributed by atoms with van der Waals surface area (Å²) in [4.78, 5) is 22.1. The second-order valence-corrected chi connectivity index (χ2v) is 7.68. The fourth-order valence-corrected chi connectivity index (χ4v) is 3.87. The average molecular weight is 423 g/mol. The Hall–Kier alpha value is -3.17. The third-order valence-electron chi connectivity index (χ3n) is 4.28. The van der Waals surface area contributed by atoms with Gasteiger partial charge in [0, 0.05) is 30.4 Å². The van der Waals surface area contributed by atoms with Crippen LogP contribution in [0.3, 0.4) is 0 Å². The van der Waals surface area contributed by atoms with Gasteiger partial charge >= 0.3 is 0 Å². The van der Waals surface area contributed by atoms with E-state index < -0.39 is 0 Å². The molecule has 0 aliphatic heterocycles. The third kappa shape index (κ3) is 4.47. The minimum Gasteiger partial charge on any atom is -0.326 e. The zero-order valence-electron chi connectivity index (χ0n) is 15.6. The van der Waals surface area contributed by atoms with Crippen LogP contribution in [0.1, 0.15) is 12.2 Å². The van der Waals surface area contributed by atoms with Crippen LogP contribution in [0, 0.1) is 11.7 Å². The fraction of sp³-hybridized carbons (Fsp3) is 0.150. The van der Waals surface area contributed by atoms with E-state index in [0.29, 0.717) is 17.1 Å². The number of aryl methyl sites for hydroxylation is 1. The summed E-state index contributed by atoms with van der Waals surface area (Å²) in [5.41, 5.74) is 2.46. The Morgan fingerprint density at radius 1 is 1.28 bits per heavy atom. The first kappa shape index (κ1) is 19.2. The highest BCUT2D eigenvalue weighted by Crippen LogP contribution is 2.23. The normalized spacial score (nSPS) is 10.8. The van der Waals surface area contributed by atoms with E-state index in [2.05, 4.69) is 25.5 Å². The molecular weight excluding hydrogens is 404 g/mol. The number of nitrogens with zero attached hydrogens (tertiary/aromatic N) is 4. The van der Waals surface area contributed by atoms with Gasteiger partial charge in [-0.05, 0) is 48.8 Å². The van der Waals surface area contributed by atoms with Crippen molar-refractivity contribution in [2.24, 2.45) is 0 Å². The van der Waals surface area contributed by atoms with E-state index in [1.165, 1.54) is 0 Å². The van der Waals surface area contributed by atoms with E-state index in [-0.39, 0.29) is 12.3 Å². The zero-order chi connectivity index (χ0) is 20.2. The van der Waals surface area contributed by atoms with Crippen LogP contribution in [0.5, 0.6) is 0 Å². The van der Waals surface area contributed by atoms with E-state index in [1.54, 1.807) is 17.5 Å². The molecule has 0 aliphatic carbocycles. The number of carbonyl (C=O) groups is 1. The van der Waals surface area contributed by atoms with Crippen LogP contribution in [0.4, 0.5) is 5.69 Å².